The first kappa shape index (κ1) is 23.0. The van der Waals surface area contributed by atoms with Gasteiger partial charge >= 0.3 is 0 Å². The van der Waals surface area contributed by atoms with Gasteiger partial charge in [0.05, 0.1) is 13.2 Å². The van der Waals surface area contributed by atoms with Crippen LogP contribution in [-0.4, -0.2) is 53.3 Å². The summed E-state index contributed by atoms with van der Waals surface area (Å²) in [5.74, 6) is 0.0673. The van der Waals surface area contributed by atoms with E-state index in [1.807, 2.05) is 6.07 Å². The summed E-state index contributed by atoms with van der Waals surface area (Å²) in [4.78, 5) is 41.4. The van der Waals surface area contributed by atoms with E-state index in [1.165, 1.54) is 36.8 Å². The van der Waals surface area contributed by atoms with Gasteiger partial charge in [0.15, 0.2) is 0 Å². The molecule has 0 bridgehead atoms. The van der Waals surface area contributed by atoms with E-state index in [4.69, 9.17) is 4.74 Å². The number of carbonyl (C=O) groups excluding carboxylic acids is 3. The largest absolute Gasteiger partial charge is 0.492 e. The number of likely N-dealkylation sites (tertiary alicyclic amines) is 1. The second-order valence-corrected chi connectivity index (χ2v) is 11.5. The molecular weight excluding hydrogens is 466 g/mol. The molecule has 1 aliphatic carbocycles. The maximum atomic E-state index is 13.2. The lowest BCUT2D eigenvalue weighted by Gasteiger charge is -2.39. The molecule has 1 N–H and O–H groups in total. The molecule has 7 rings (SSSR count). The Morgan fingerprint density at radius 2 is 1.81 bits per heavy atom. The molecule has 2 aromatic carbocycles. The fourth-order valence-corrected chi connectivity index (χ4v) is 7.29. The normalized spacial score (nSPS) is 24.5. The Hall–Kier alpha value is -3.19. The maximum absolute atomic E-state index is 13.2. The molecule has 3 amide bonds. The molecule has 0 saturated carbocycles. The van der Waals surface area contributed by atoms with E-state index in [0.29, 0.717) is 25.1 Å². The van der Waals surface area contributed by atoms with Gasteiger partial charge in [-0.1, -0.05) is 24.3 Å². The summed E-state index contributed by atoms with van der Waals surface area (Å²) in [7, 11) is 0. The fourth-order valence-electron chi connectivity index (χ4n) is 7.29. The maximum Gasteiger partial charge on any atom is 0.255 e. The van der Waals surface area contributed by atoms with Gasteiger partial charge < -0.3 is 9.64 Å². The van der Waals surface area contributed by atoms with Crippen LogP contribution in [0.25, 0.3) is 0 Å². The molecule has 192 valence electrons. The Balaban J connectivity index is 1.08. The van der Waals surface area contributed by atoms with E-state index in [-0.39, 0.29) is 29.6 Å². The number of nitrogens with zero attached hydrogens (tertiary/aromatic N) is 2. The van der Waals surface area contributed by atoms with Crippen molar-refractivity contribution in [3.05, 3.63) is 63.7 Å². The van der Waals surface area contributed by atoms with E-state index in [2.05, 4.69) is 34.5 Å². The molecule has 1 spiro atoms. The smallest absolute Gasteiger partial charge is 0.255 e. The SMILES string of the molecule is O=C1CCC(N2Cc3c(ccc4c3OCC43CCN(Cc4cccc5c4CCCC5)CC3)C2=O)C(=O)N1. The average molecular weight is 500 g/mol. The monoisotopic (exact) mass is 499 g/mol. The van der Waals surface area contributed by atoms with Gasteiger partial charge in [0.2, 0.25) is 11.8 Å². The summed E-state index contributed by atoms with van der Waals surface area (Å²) in [5, 5.41) is 2.38. The van der Waals surface area contributed by atoms with Crippen LogP contribution in [0.15, 0.2) is 30.3 Å². The lowest BCUT2D eigenvalue weighted by Crippen LogP contribution is -2.52. The Morgan fingerprint density at radius 3 is 2.65 bits per heavy atom. The van der Waals surface area contributed by atoms with E-state index in [0.717, 1.165) is 43.8 Å². The standard InChI is InChI=1S/C30H33N3O4/c34-26-11-10-25(28(35)31-26)33-17-23-22(29(33)36)8-9-24-27(23)37-18-30(24)12-14-32(15-13-30)16-20-6-3-5-19-4-1-2-7-21(19)20/h3,5-6,8-9,25H,1-2,4,7,10-18H2,(H,31,34,35). The Labute approximate surface area is 217 Å². The summed E-state index contributed by atoms with van der Waals surface area (Å²) in [6, 6.07) is 10.3. The van der Waals surface area contributed by atoms with Crippen molar-refractivity contribution in [2.24, 2.45) is 0 Å². The molecule has 0 aromatic heterocycles. The number of aryl methyl sites for hydroxylation is 1. The van der Waals surface area contributed by atoms with Crippen LogP contribution in [0.1, 0.15) is 76.7 Å². The molecule has 7 nitrogen and oxygen atoms in total. The first-order valence-electron chi connectivity index (χ1n) is 13.8. The highest BCUT2D eigenvalue weighted by molar-refractivity contribution is 6.05. The van der Waals surface area contributed by atoms with Crippen LogP contribution in [-0.2, 0) is 40.9 Å². The number of hydrogen-bond acceptors (Lipinski definition) is 5. The summed E-state index contributed by atoms with van der Waals surface area (Å²) in [6.45, 7) is 4.10. The Kier molecular flexibility index (Phi) is 5.39. The van der Waals surface area contributed by atoms with E-state index in [1.54, 1.807) is 16.0 Å². The highest BCUT2D eigenvalue weighted by atomic mass is 16.5. The second-order valence-electron chi connectivity index (χ2n) is 11.5. The minimum Gasteiger partial charge on any atom is -0.492 e. The van der Waals surface area contributed by atoms with E-state index < -0.39 is 6.04 Å². The molecule has 5 aliphatic rings. The molecule has 7 heteroatoms. The van der Waals surface area contributed by atoms with Gasteiger partial charge in [-0.25, -0.2) is 0 Å². The Bertz CT molecular complexity index is 1310. The van der Waals surface area contributed by atoms with Gasteiger partial charge in [0.25, 0.3) is 5.91 Å². The zero-order chi connectivity index (χ0) is 25.1. The van der Waals surface area contributed by atoms with Gasteiger partial charge in [-0.3, -0.25) is 24.6 Å². The van der Waals surface area contributed by atoms with Crippen LogP contribution < -0.4 is 10.1 Å². The number of ether oxygens (including phenoxy) is 1. The number of rotatable bonds is 3. The zero-order valence-electron chi connectivity index (χ0n) is 21.2. The molecule has 1 unspecified atom stereocenters. The lowest BCUT2D eigenvalue weighted by molar-refractivity contribution is -0.136. The quantitative estimate of drug-likeness (QED) is 0.656. The highest BCUT2D eigenvalue weighted by Crippen LogP contribution is 2.49. The van der Waals surface area contributed by atoms with Crippen molar-refractivity contribution in [3.8, 4) is 5.75 Å². The van der Waals surface area contributed by atoms with Crippen LogP contribution in [0.5, 0.6) is 5.75 Å². The Morgan fingerprint density at radius 1 is 0.973 bits per heavy atom. The average Bonchev–Trinajstić information content (AvgIpc) is 3.44. The van der Waals surface area contributed by atoms with Gasteiger partial charge in [-0.05, 0) is 80.8 Å². The molecule has 1 atom stereocenters. The molecule has 4 heterocycles. The minimum atomic E-state index is -0.601. The number of piperidine rings is 2. The van der Waals surface area contributed by atoms with E-state index >= 15 is 0 Å². The van der Waals surface area contributed by atoms with Crippen molar-refractivity contribution >= 4 is 17.7 Å². The molecule has 2 saturated heterocycles. The number of amides is 3. The summed E-state index contributed by atoms with van der Waals surface area (Å²) < 4.78 is 6.34. The van der Waals surface area contributed by atoms with Crippen molar-refractivity contribution in [2.75, 3.05) is 19.7 Å². The zero-order valence-corrected chi connectivity index (χ0v) is 21.2. The van der Waals surface area contributed by atoms with Gasteiger partial charge in [0.1, 0.15) is 11.8 Å². The molecule has 37 heavy (non-hydrogen) atoms. The first-order valence-corrected chi connectivity index (χ1v) is 13.8. The number of hydrogen-bond donors (Lipinski definition) is 1. The summed E-state index contributed by atoms with van der Waals surface area (Å²) in [5.41, 5.74) is 7.38. The van der Waals surface area contributed by atoms with E-state index in [9.17, 15) is 14.4 Å². The topological polar surface area (TPSA) is 79.0 Å². The third-order valence-electron chi connectivity index (χ3n) is 9.43. The number of fused-ring (bicyclic) bond motifs is 5. The minimum absolute atomic E-state index is 0.0118. The number of imide groups is 1. The molecule has 0 radical (unpaired) electrons. The molecule has 4 aliphatic heterocycles. The van der Waals surface area contributed by atoms with Crippen LogP contribution in [0.3, 0.4) is 0 Å². The number of carbonyl (C=O) groups is 3. The van der Waals surface area contributed by atoms with Gasteiger partial charge in [0, 0.05) is 35.1 Å². The molecule has 2 fully saturated rings. The van der Waals surface area contributed by atoms with Crippen molar-refractivity contribution < 1.29 is 19.1 Å². The molecule has 2 aromatic rings. The van der Waals surface area contributed by atoms with Crippen LogP contribution >= 0.6 is 0 Å². The van der Waals surface area contributed by atoms with Crippen molar-refractivity contribution in [2.45, 2.75) is 75.9 Å². The number of nitrogens with one attached hydrogen (secondary N) is 1. The predicted octanol–water partition coefficient (Wildman–Crippen LogP) is 3.25. The lowest BCUT2D eigenvalue weighted by atomic mass is 9.73. The van der Waals surface area contributed by atoms with Crippen LogP contribution in [0, 0.1) is 0 Å². The summed E-state index contributed by atoms with van der Waals surface area (Å²) >= 11 is 0. The third kappa shape index (κ3) is 3.69. The second kappa shape index (κ2) is 8.69. The van der Waals surface area contributed by atoms with Crippen molar-refractivity contribution in [3.63, 3.8) is 0 Å². The van der Waals surface area contributed by atoms with Crippen LogP contribution in [0.2, 0.25) is 0 Å². The first-order chi connectivity index (χ1) is 18.0. The van der Waals surface area contributed by atoms with Crippen molar-refractivity contribution in [1.29, 1.82) is 0 Å². The number of benzene rings is 2. The third-order valence-corrected chi connectivity index (χ3v) is 9.43. The van der Waals surface area contributed by atoms with Crippen molar-refractivity contribution in [1.82, 2.24) is 15.1 Å². The predicted molar refractivity (Wildman–Crippen MR) is 137 cm³/mol. The van der Waals surface area contributed by atoms with Gasteiger partial charge in [-0.2, -0.15) is 0 Å². The summed E-state index contributed by atoms with van der Waals surface area (Å²) in [6.07, 6.45) is 7.75. The van der Waals surface area contributed by atoms with Gasteiger partial charge in [-0.15, -0.1) is 0 Å². The molecular formula is C30H33N3O4. The highest BCUT2D eigenvalue weighted by Gasteiger charge is 2.47. The fraction of sp³-hybridized carbons (Fsp3) is 0.500. The van der Waals surface area contributed by atoms with Crippen LogP contribution in [0.4, 0.5) is 0 Å².